The van der Waals surface area contributed by atoms with E-state index < -0.39 is 52.8 Å². The molecular formula is C9H14KN3O11P2. The minimum Gasteiger partial charge on any atom is -0.846 e. The van der Waals surface area contributed by atoms with Crippen LogP contribution in [0.25, 0.3) is 0 Å². The van der Waals surface area contributed by atoms with Gasteiger partial charge >= 0.3 is 67.0 Å². The van der Waals surface area contributed by atoms with Gasteiger partial charge in [0.15, 0.2) is 6.23 Å². The van der Waals surface area contributed by atoms with Gasteiger partial charge in [-0.3, -0.25) is 9.93 Å². The maximum absolute atomic E-state index is 11.7. The molecule has 6 N–H and O–H groups in total. The predicted octanol–water partition coefficient (Wildman–Crippen LogP) is -5.71. The van der Waals surface area contributed by atoms with Gasteiger partial charge in [-0.05, 0) is 6.07 Å². The summed E-state index contributed by atoms with van der Waals surface area (Å²) >= 11 is 0. The standard InChI is InChI=1S/C9H15N3O11P2.K/c10-5-1-2-12(9(15)11-5)8-7(14)6(13)4(22-8)3-21-25(19,20)23-24(16,17)18;/h1-2,4,6-8,13-14H,3H2,(H,19,20)(H2,10,11,15)(H2,16,17,18);/q;+1/p-1/t4-,6-,7-,8-;/m1./s1. The van der Waals surface area contributed by atoms with Gasteiger partial charge in [0, 0.05) is 6.20 Å². The fourth-order valence-electron chi connectivity index (χ4n) is 2.03. The first-order chi connectivity index (χ1) is 11.4. The largest absolute Gasteiger partial charge is 1.00 e. The number of hydrogen-bond donors (Lipinski definition) is 6. The summed E-state index contributed by atoms with van der Waals surface area (Å²) in [6, 6.07) is 0.187. The first-order valence-electron chi connectivity index (χ1n) is 6.46. The van der Waals surface area contributed by atoms with Crippen LogP contribution in [-0.4, -0.2) is 59.4 Å². The zero-order chi connectivity index (χ0) is 19.0. The molecule has 0 amide bonds. The number of rotatable bonds is 6. The van der Waals surface area contributed by atoms with Crippen LogP contribution in [0.2, 0.25) is 0 Å². The molecule has 0 aromatic carbocycles. The van der Waals surface area contributed by atoms with Gasteiger partial charge in [0.1, 0.15) is 23.8 Å². The fourth-order valence-corrected chi connectivity index (χ4v) is 3.63. The minimum atomic E-state index is -5.31. The molecular weight excluding hydrogens is 427 g/mol. The maximum atomic E-state index is 11.7. The van der Waals surface area contributed by atoms with Crippen molar-refractivity contribution in [2.45, 2.75) is 24.5 Å². The number of aromatic nitrogens is 2. The smallest absolute Gasteiger partial charge is 0.846 e. The Balaban J connectivity index is 0.00000338. The third kappa shape index (κ3) is 6.51. The van der Waals surface area contributed by atoms with Crippen molar-refractivity contribution >= 4 is 15.6 Å². The van der Waals surface area contributed by atoms with Gasteiger partial charge in [-0.1, -0.05) is 0 Å². The van der Waals surface area contributed by atoms with Crippen LogP contribution in [-0.2, 0) is 22.7 Å². The number of phosphoric acid groups is 2. The van der Waals surface area contributed by atoms with E-state index in [9.17, 15) is 24.4 Å². The van der Waals surface area contributed by atoms with Crippen LogP contribution in [0.1, 0.15) is 6.23 Å². The quantitative estimate of drug-likeness (QED) is 0.179. The molecule has 2 rings (SSSR count). The monoisotopic (exact) mass is 441 g/mol. The third-order valence-corrected chi connectivity index (χ3v) is 5.20. The zero-order valence-electron chi connectivity index (χ0n) is 13.1. The number of ether oxygens (including phenoxy) is 1. The topological polar surface area (TPSA) is 228 Å². The van der Waals surface area contributed by atoms with Crippen molar-refractivity contribution in [3.63, 3.8) is 0 Å². The average molecular weight is 441 g/mol. The fraction of sp³-hybridized carbons (Fsp3) is 0.556. The van der Waals surface area contributed by atoms with Crippen molar-refractivity contribution in [1.82, 2.24) is 9.55 Å². The molecule has 1 aromatic heterocycles. The van der Waals surface area contributed by atoms with E-state index in [4.69, 9.17) is 24.8 Å². The Labute approximate surface area is 188 Å². The predicted molar refractivity (Wildman–Crippen MR) is 72.4 cm³/mol. The van der Waals surface area contributed by atoms with Gasteiger partial charge in [0.25, 0.3) is 0 Å². The van der Waals surface area contributed by atoms with Gasteiger partial charge in [0.2, 0.25) is 0 Å². The summed E-state index contributed by atoms with van der Waals surface area (Å²) in [6.45, 7) is -0.888. The zero-order valence-corrected chi connectivity index (χ0v) is 18.1. The second-order valence-corrected chi connectivity index (χ2v) is 7.72. The van der Waals surface area contributed by atoms with Gasteiger partial charge in [0.05, 0.1) is 12.6 Å². The Morgan fingerprint density at radius 1 is 1.31 bits per heavy atom. The summed E-state index contributed by atoms with van der Waals surface area (Å²) in [5, 5.41) is 38.7. The van der Waals surface area contributed by atoms with Crippen LogP contribution in [0.15, 0.2) is 12.3 Å². The van der Waals surface area contributed by atoms with Gasteiger partial charge in [-0.15, -0.1) is 0 Å². The average Bonchev–Trinajstić information content (AvgIpc) is 2.71. The van der Waals surface area contributed by atoms with E-state index in [1.165, 1.54) is 0 Å². The molecule has 1 fully saturated rings. The molecule has 0 spiro atoms. The van der Waals surface area contributed by atoms with E-state index in [1.807, 2.05) is 0 Å². The SMILES string of the molecule is N=c1ccn([C@@H]2O[C@H](COP(=O)(O)OP(=O)(O)O)[C@@H](O)[C@H]2O)c([O-])n1.[K+]. The molecule has 1 unspecified atom stereocenters. The number of aliphatic hydroxyl groups excluding tert-OH is 2. The number of hydrogen-bond acceptors (Lipinski definition) is 10. The molecule has 0 saturated carbocycles. The molecule has 26 heavy (non-hydrogen) atoms. The van der Waals surface area contributed by atoms with E-state index in [0.29, 0.717) is 0 Å². The molecule has 0 bridgehead atoms. The first kappa shape index (κ1) is 24.5. The van der Waals surface area contributed by atoms with Crippen molar-refractivity contribution < 1.29 is 104 Å². The van der Waals surface area contributed by atoms with Crippen LogP contribution >= 0.6 is 15.6 Å². The molecule has 14 nitrogen and oxygen atoms in total. The molecule has 0 aliphatic carbocycles. The molecule has 2 heterocycles. The minimum absolute atomic E-state index is 0. The molecule has 0 radical (unpaired) electrons. The Kier molecular flexibility index (Phi) is 8.76. The van der Waals surface area contributed by atoms with Crippen LogP contribution in [0.3, 0.4) is 0 Å². The van der Waals surface area contributed by atoms with Crippen LogP contribution in [0.5, 0.6) is 6.01 Å². The molecule has 17 heteroatoms. The number of aliphatic hydroxyl groups is 2. The summed E-state index contributed by atoms with van der Waals surface area (Å²) < 4.78 is 35.7. The molecule has 1 aromatic rings. The summed E-state index contributed by atoms with van der Waals surface area (Å²) in [7, 11) is -10.5. The Morgan fingerprint density at radius 2 is 1.92 bits per heavy atom. The summed E-state index contributed by atoms with van der Waals surface area (Å²) in [6.07, 6.45) is -5.07. The van der Waals surface area contributed by atoms with Crippen molar-refractivity contribution in [2.24, 2.45) is 0 Å². The van der Waals surface area contributed by atoms with E-state index in [-0.39, 0.29) is 56.9 Å². The van der Waals surface area contributed by atoms with Gasteiger partial charge in [-0.25, -0.2) is 14.1 Å². The van der Waals surface area contributed by atoms with Crippen LogP contribution in [0.4, 0.5) is 0 Å². The van der Waals surface area contributed by atoms with Crippen LogP contribution in [0, 0.1) is 5.41 Å². The van der Waals surface area contributed by atoms with E-state index in [2.05, 4.69) is 13.8 Å². The maximum Gasteiger partial charge on any atom is 1.00 e. The Bertz CT molecular complexity index is 784. The number of nitrogens with one attached hydrogen (secondary N) is 1. The van der Waals surface area contributed by atoms with E-state index >= 15 is 0 Å². The molecule has 1 saturated heterocycles. The molecule has 5 atom stereocenters. The second kappa shape index (κ2) is 9.30. The van der Waals surface area contributed by atoms with Gasteiger partial charge < -0.3 is 39.3 Å². The molecule has 1 aliphatic rings. The van der Waals surface area contributed by atoms with Crippen molar-refractivity contribution in [3.8, 4) is 6.01 Å². The third-order valence-electron chi connectivity index (χ3n) is 3.05. The Morgan fingerprint density at radius 3 is 2.46 bits per heavy atom. The van der Waals surface area contributed by atoms with Crippen molar-refractivity contribution in [1.29, 1.82) is 5.41 Å². The van der Waals surface area contributed by atoms with Gasteiger partial charge in [-0.2, -0.15) is 4.31 Å². The normalized spacial score (nSPS) is 28.3. The molecule has 142 valence electrons. The number of nitrogens with zero attached hydrogens (tertiary/aromatic N) is 2. The van der Waals surface area contributed by atoms with Crippen LogP contribution < -0.4 is 62.0 Å². The van der Waals surface area contributed by atoms with E-state index in [0.717, 1.165) is 16.8 Å². The number of phosphoric ester groups is 1. The summed E-state index contributed by atoms with van der Waals surface area (Å²) in [4.78, 5) is 29.4. The first-order valence-corrected chi connectivity index (χ1v) is 9.49. The van der Waals surface area contributed by atoms with Crippen molar-refractivity contribution in [3.05, 3.63) is 17.8 Å². The molecule has 1 aliphatic heterocycles. The summed E-state index contributed by atoms with van der Waals surface area (Å²) in [5.41, 5.74) is -0.329. The Hall–Kier alpha value is 0.456. The van der Waals surface area contributed by atoms with E-state index in [1.54, 1.807) is 0 Å². The van der Waals surface area contributed by atoms with Crippen molar-refractivity contribution in [2.75, 3.05) is 6.61 Å². The summed E-state index contributed by atoms with van der Waals surface area (Å²) in [5.74, 6) is 0. The second-order valence-electron chi connectivity index (χ2n) is 4.89.